The van der Waals surface area contributed by atoms with E-state index in [4.69, 9.17) is 4.74 Å². The molecule has 0 N–H and O–H groups in total. The van der Waals surface area contributed by atoms with Crippen molar-refractivity contribution in [3.05, 3.63) is 77.7 Å². The Bertz CT molecular complexity index is 1080. The first-order valence-electron chi connectivity index (χ1n) is 10.1. The van der Waals surface area contributed by atoms with Crippen molar-refractivity contribution in [2.75, 3.05) is 19.1 Å². The second-order valence-electron chi connectivity index (χ2n) is 7.14. The fourth-order valence-electron chi connectivity index (χ4n) is 3.37. The lowest BCUT2D eigenvalue weighted by molar-refractivity contribution is -0.118. The first-order valence-corrected chi connectivity index (χ1v) is 10.1. The number of carbonyl (C=O) groups is 2. The molecule has 1 amide bonds. The van der Waals surface area contributed by atoms with Crippen LogP contribution in [0.1, 0.15) is 35.7 Å². The highest BCUT2D eigenvalue weighted by atomic mass is 19.1. The first-order chi connectivity index (χ1) is 14.9. The van der Waals surface area contributed by atoms with Gasteiger partial charge in [0.15, 0.2) is 5.78 Å². The molecule has 3 aromatic rings. The van der Waals surface area contributed by atoms with Crippen LogP contribution in [-0.4, -0.2) is 30.8 Å². The highest BCUT2D eigenvalue weighted by Gasteiger charge is 2.14. The van der Waals surface area contributed by atoms with E-state index in [0.29, 0.717) is 36.3 Å². The monoisotopic (exact) mass is 420 g/mol. The zero-order valence-corrected chi connectivity index (χ0v) is 17.9. The smallest absolute Gasteiger partial charge is 0.226 e. The third-order valence-electron chi connectivity index (χ3n) is 5.19. The molecule has 0 unspecified atom stereocenters. The van der Waals surface area contributed by atoms with Gasteiger partial charge in [-0.2, -0.15) is 0 Å². The summed E-state index contributed by atoms with van der Waals surface area (Å²) < 4.78 is 19.8. The number of nitrogens with zero attached hydrogens (tertiary/aromatic N) is 2. The summed E-state index contributed by atoms with van der Waals surface area (Å²) in [4.78, 5) is 29.9. The number of aromatic nitrogens is 1. The number of aryl methyl sites for hydroxylation is 1. The third kappa shape index (κ3) is 5.15. The molecule has 0 saturated heterocycles. The third-order valence-corrected chi connectivity index (χ3v) is 5.19. The predicted molar refractivity (Wildman–Crippen MR) is 119 cm³/mol. The molecule has 0 atom stereocenters. The van der Waals surface area contributed by atoms with E-state index in [1.165, 1.54) is 11.0 Å². The number of amides is 1. The number of benzene rings is 2. The lowest BCUT2D eigenvalue weighted by Crippen LogP contribution is -2.25. The second-order valence-corrected chi connectivity index (χ2v) is 7.14. The highest BCUT2D eigenvalue weighted by Crippen LogP contribution is 2.27. The Balaban J connectivity index is 1.70. The molecule has 1 aromatic heterocycles. The molecule has 0 spiro atoms. The lowest BCUT2D eigenvalue weighted by atomic mass is 9.99. The van der Waals surface area contributed by atoms with Gasteiger partial charge in [0.25, 0.3) is 0 Å². The molecule has 0 aliphatic carbocycles. The van der Waals surface area contributed by atoms with Crippen LogP contribution in [0.25, 0.3) is 11.1 Å². The van der Waals surface area contributed by atoms with Crippen molar-refractivity contribution in [2.24, 2.45) is 0 Å². The van der Waals surface area contributed by atoms with Crippen molar-refractivity contribution >= 4 is 17.4 Å². The van der Waals surface area contributed by atoms with Crippen LogP contribution in [0, 0.1) is 5.82 Å². The highest BCUT2D eigenvalue weighted by molar-refractivity contribution is 5.96. The number of halogens is 1. The lowest BCUT2D eigenvalue weighted by Gasteiger charge is -2.17. The Labute approximate surface area is 181 Å². The molecular weight excluding hydrogens is 395 g/mol. The minimum atomic E-state index is -0.465. The van der Waals surface area contributed by atoms with Gasteiger partial charge in [0, 0.05) is 37.2 Å². The van der Waals surface area contributed by atoms with Gasteiger partial charge in [-0.25, -0.2) is 9.37 Å². The fraction of sp³-hybridized carbons (Fsp3) is 0.240. The zero-order chi connectivity index (χ0) is 22.4. The Hall–Kier alpha value is -3.54. The average Bonchev–Trinajstić information content (AvgIpc) is 2.81. The summed E-state index contributed by atoms with van der Waals surface area (Å²) in [6, 6.07) is 15.6. The van der Waals surface area contributed by atoms with Crippen molar-refractivity contribution in [1.29, 1.82) is 0 Å². The number of hydrogen-bond donors (Lipinski definition) is 0. The standard InChI is InChI=1S/C25H25FN2O3/c1-4-24(30)28(2)22-13-11-20(16-21(22)26)17-7-9-18(10-8-17)23(29)14-12-19-6-5-15-27-25(19)31-3/h5-11,13,15-16H,4,12,14H2,1-3H3. The maximum atomic E-state index is 14.6. The molecule has 0 fully saturated rings. The second kappa shape index (κ2) is 9.98. The molecule has 0 aliphatic heterocycles. The average molecular weight is 420 g/mol. The van der Waals surface area contributed by atoms with Crippen LogP contribution < -0.4 is 9.64 Å². The molecule has 0 radical (unpaired) electrons. The number of anilines is 1. The Kier molecular flexibility index (Phi) is 7.13. The van der Waals surface area contributed by atoms with E-state index in [1.807, 2.05) is 12.1 Å². The van der Waals surface area contributed by atoms with E-state index in [0.717, 1.165) is 11.1 Å². The molecule has 0 saturated carbocycles. The minimum Gasteiger partial charge on any atom is -0.481 e. The van der Waals surface area contributed by atoms with Gasteiger partial charge in [0.2, 0.25) is 11.8 Å². The summed E-state index contributed by atoms with van der Waals surface area (Å²) in [6.45, 7) is 1.74. The van der Waals surface area contributed by atoms with Crippen LogP contribution in [0.2, 0.25) is 0 Å². The van der Waals surface area contributed by atoms with Crippen molar-refractivity contribution in [1.82, 2.24) is 4.98 Å². The van der Waals surface area contributed by atoms with Gasteiger partial charge in [-0.3, -0.25) is 9.59 Å². The Morgan fingerprint density at radius 2 is 1.77 bits per heavy atom. The van der Waals surface area contributed by atoms with Crippen molar-refractivity contribution in [3.8, 4) is 17.0 Å². The number of pyridine rings is 1. The van der Waals surface area contributed by atoms with Gasteiger partial charge in [0.1, 0.15) is 5.82 Å². The zero-order valence-electron chi connectivity index (χ0n) is 17.9. The number of rotatable bonds is 8. The number of carbonyl (C=O) groups excluding carboxylic acids is 2. The molecule has 31 heavy (non-hydrogen) atoms. The first kappa shape index (κ1) is 22.2. The maximum absolute atomic E-state index is 14.6. The normalized spacial score (nSPS) is 10.6. The fourth-order valence-corrected chi connectivity index (χ4v) is 3.37. The summed E-state index contributed by atoms with van der Waals surface area (Å²) >= 11 is 0. The number of Topliss-reactive ketones (excluding diaryl/α,β-unsaturated/α-hetero) is 1. The minimum absolute atomic E-state index is 0.0127. The molecule has 1 heterocycles. The van der Waals surface area contributed by atoms with Crippen molar-refractivity contribution < 1.29 is 18.7 Å². The van der Waals surface area contributed by atoms with Crippen LogP contribution in [-0.2, 0) is 11.2 Å². The number of ketones is 1. The SMILES string of the molecule is CCC(=O)N(C)c1ccc(-c2ccc(C(=O)CCc3cccnc3OC)cc2)cc1F. The van der Waals surface area contributed by atoms with Crippen LogP contribution in [0.4, 0.5) is 10.1 Å². The van der Waals surface area contributed by atoms with E-state index in [1.54, 1.807) is 63.7 Å². The Morgan fingerprint density at radius 1 is 1.06 bits per heavy atom. The van der Waals surface area contributed by atoms with Crippen molar-refractivity contribution in [2.45, 2.75) is 26.2 Å². The van der Waals surface area contributed by atoms with Crippen LogP contribution >= 0.6 is 0 Å². The topological polar surface area (TPSA) is 59.5 Å². The van der Waals surface area contributed by atoms with Crippen molar-refractivity contribution in [3.63, 3.8) is 0 Å². The van der Waals surface area contributed by atoms with Crippen LogP contribution in [0.5, 0.6) is 5.88 Å². The molecule has 0 bridgehead atoms. The largest absolute Gasteiger partial charge is 0.481 e. The summed E-state index contributed by atoms with van der Waals surface area (Å²) in [6.07, 6.45) is 2.83. The molecule has 0 aliphatic rings. The summed E-state index contributed by atoms with van der Waals surface area (Å²) in [5.74, 6) is -0.0770. The van der Waals surface area contributed by atoms with Crippen LogP contribution in [0.3, 0.4) is 0 Å². The maximum Gasteiger partial charge on any atom is 0.226 e. The van der Waals surface area contributed by atoms with E-state index >= 15 is 0 Å². The molecule has 160 valence electrons. The molecule has 6 heteroatoms. The predicted octanol–water partition coefficient (Wildman–Crippen LogP) is 5.08. The number of hydrogen-bond acceptors (Lipinski definition) is 4. The van der Waals surface area contributed by atoms with E-state index < -0.39 is 5.82 Å². The van der Waals surface area contributed by atoms with Gasteiger partial charge in [0.05, 0.1) is 12.8 Å². The van der Waals surface area contributed by atoms with E-state index in [-0.39, 0.29) is 17.4 Å². The molecular formula is C25H25FN2O3. The number of ether oxygens (including phenoxy) is 1. The molecule has 2 aromatic carbocycles. The van der Waals surface area contributed by atoms with Gasteiger partial charge in [-0.1, -0.05) is 43.3 Å². The van der Waals surface area contributed by atoms with Gasteiger partial charge in [-0.15, -0.1) is 0 Å². The van der Waals surface area contributed by atoms with Gasteiger partial charge in [-0.05, 0) is 35.7 Å². The summed E-state index contributed by atoms with van der Waals surface area (Å²) in [5, 5.41) is 0. The van der Waals surface area contributed by atoms with E-state index in [9.17, 15) is 14.0 Å². The van der Waals surface area contributed by atoms with Gasteiger partial charge >= 0.3 is 0 Å². The quantitative estimate of drug-likeness (QED) is 0.477. The van der Waals surface area contributed by atoms with E-state index in [2.05, 4.69) is 4.98 Å². The summed E-state index contributed by atoms with van der Waals surface area (Å²) in [7, 11) is 3.12. The molecule has 3 rings (SSSR count). The number of methoxy groups -OCH3 is 1. The van der Waals surface area contributed by atoms with Gasteiger partial charge < -0.3 is 9.64 Å². The molecule has 5 nitrogen and oxygen atoms in total. The van der Waals surface area contributed by atoms with Crippen LogP contribution in [0.15, 0.2) is 60.8 Å². The Morgan fingerprint density at radius 3 is 2.42 bits per heavy atom. The summed E-state index contributed by atoms with van der Waals surface area (Å²) in [5.41, 5.74) is 3.19.